The third kappa shape index (κ3) is 12.2. The summed E-state index contributed by atoms with van der Waals surface area (Å²) in [4.78, 5) is 46.9. The molecular weight excluding hydrogens is 511 g/mol. The van der Waals surface area contributed by atoms with Crippen LogP contribution in [0, 0.1) is 4.77 Å². The van der Waals surface area contributed by atoms with Crippen molar-refractivity contribution in [1.29, 1.82) is 0 Å². The van der Waals surface area contributed by atoms with Gasteiger partial charge in [0.15, 0.2) is 6.23 Å². The summed E-state index contributed by atoms with van der Waals surface area (Å²) in [5.41, 5.74) is 5.44. The van der Waals surface area contributed by atoms with Crippen LogP contribution in [0.4, 0.5) is 5.82 Å². The number of nitrogen functional groups attached to an aromatic ring is 1. The minimum atomic E-state index is -6.12. The van der Waals surface area contributed by atoms with Crippen molar-refractivity contribution in [3.8, 4) is 0 Å². The first-order valence-corrected chi connectivity index (χ1v) is 12.0. The predicted molar refractivity (Wildman–Crippen MR) is 84.3 cm³/mol. The van der Waals surface area contributed by atoms with Gasteiger partial charge in [0.05, 0.1) is 14.4 Å². The fourth-order valence-electron chi connectivity index (χ4n) is 2.16. The van der Waals surface area contributed by atoms with E-state index in [0.29, 0.717) is 0 Å². The van der Waals surface area contributed by atoms with Gasteiger partial charge in [0.2, 0.25) is 4.77 Å². The molecule has 24 heteroatoms. The summed E-state index contributed by atoms with van der Waals surface area (Å²) in [6.07, 6.45) is -4.93. The zero-order chi connectivity index (χ0) is 22.2. The first kappa shape index (κ1) is 39.3. The molecule has 6 unspecified atom stereocenters. The van der Waals surface area contributed by atoms with Crippen molar-refractivity contribution in [2.24, 2.45) is 0 Å². The first-order chi connectivity index (χ1) is 13.1. The summed E-state index contributed by atoms with van der Waals surface area (Å²) >= 11 is 4.93. The average molecular weight is 523 g/mol. The van der Waals surface area contributed by atoms with Crippen molar-refractivity contribution in [2.45, 2.75) is 24.5 Å². The number of nitrogens with zero attached hydrogens (tertiary/aromatic N) is 2. The monoisotopic (exact) mass is 523 g/mol. The molecule has 33 heavy (non-hydrogen) atoms. The number of hydrogen-bond donors (Lipinski definition) is 3. The molecule has 16 nitrogen and oxygen atoms in total. The van der Waals surface area contributed by atoms with Gasteiger partial charge < -0.3 is 49.3 Å². The van der Waals surface area contributed by atoms with Gasteiger partial charge in [-0.1, -0.05) is 0 Å². The van der Waals surface area contributed by atoms with E-state index in [1.165, 1.54) is 12.3 Å². The van der Waals surface area contributed by atoms with E-state index in [4.69, 9.17) is 22.7 Å². The molecule has 0 aromatic carbocycles. The molecule has 1 saturated heterocycles. The Kier molecular flexibility index (Phi) is 18.2. The molecular formula is C9H12Li4N3O13P3S. The number of anilines is 1. The van der Waals surface area contributed by atoms with E-state index < -0.39 is 54.6 Å². The third-order valence-corrected chi connectivity index (χ3v) is 7.23. The van der Waals surface area contributed by atoms with Crippen LogP contribution in [0.3, 0.4) is 0 Å². The molecule has 1 aromatic heterocycles. The minimum Gasteiger partial charge on any atom is -0.790 e. The molecule has 4 N–H and O–H groups in total. The van der Waals surface area contributed by atoms with Crippen molar-refractivity contribution in [1.82, 2.24) is 9.55 Å². The number of aliphatic hydroxyl groups excluding tert-OH is 2. The van der Waals surface area contributed by atoms with Crippen LogP contribution in [-0.2, 0) is 31.6 Å². The number of nitrogens with two attached hydrogens (primary N) is 1. The number of phosphoric acid groups is 3. The van der Waals surface area contributed by atoms with E-state index in [1.54, 1.807) is 0 Å². The van der Waals surface area contributed by atoms with Crippen molar-refractivity contribution >= 4 is 41.5 Å². The van der Waals surface area contributed by atoms with Gasteiger partial charge in [0.1, 0.15) is 24.1 Å². The van der Waals surface area contributed by atoms with Gasteiger partial charge in [-0.3, -0.25) is 18.0 Å². The Labute approximate surface area is 240 Å². The van der Waals surface area contributed by atoms with Crippen molar-refractivity contribution in [3.05, 3.63) is 17.0 Å². The van der Waals surface area contributed by atoms with E-state index in [0.717, 1.165) is 4.57 Å². The second-order valence-electron chi connectivity index (χ2n) is 5.39. The molecule has 6 atom stereocenters. The Bertz CT molecular complexity index is 969. The van der Waals surface area contributed by atoms with Crippen LogP contribution in [0.1, 0.15) is 6.23 Å². The van der Waals surface area contributed by atoms with Crippen LogP contribution in [0.15, 0.2) is 12.3 Å². The molecule has 0 bridgehead atoms. The Morgan fingerprint density at radius 3 is 2.09 bits per heavy atom. The minimum absolute atomic E-state index is 0. The summed E-state index contributed by atoms with van der Waals surface area (Å²) < 4.78 is 49.6. The van der Waals surface area contributed by atoms with Crippen molar-refractivity contribution in [2.75, 3.05) is 12.3 Å². The van der Waals surface area contributed by atoms with Gasteiger partial charge in [0.25, 0.3) is 15.6 Å². The molecule has 1 aliphatic heterocycles. The standard InChI is InChI=1S/C9H16N3O13P3S.4Li/c10-5-1-2-12(9(29)11-5)8-7(14)6(13)4(23-8)3-22-27(18,19)25-28(20,21)24-26(15,16)17;;;;/h1-2,4,6-8,13-14H,3H2,(H,18,19)(H,20,21)(H2,10,11,29)(H2,15,16,17);;;;/q;4*+1/p-4. The zero-order valence-corrected chi connectivity index (χ0v) is 21.3. The average Bonchev–Trinajstić information content (AvgIpc) is 2.78. The van der Waals surface area contributed by atoms with E-state index in [-0.39, 0.29) is 86.0 Å². The molecule has 0 spiro atoms. The van der Waals surface area contributed by atoms with E-state index >= 15 is 0 Å². The molecule has 166 valence electrons. The van der Waals surface area contributed by atoms with E-state index in [9.17, 15) is 43.5 Å². The summed E-state index contributed by atoms with van der Waals surface area (Å²) in [6.45, 7) is -1.07. The van der Waals surface area contributed by atoms with Crippen molar-refractivity contribution < 1.29 is 137 Å². The summed E-state index contributed by atoms with van der Waals surface area (Å²) in [5.74, 6) is 0.0635. The van der Waals surface area contributed by atoms with Gasteiger partial charge >= 0.3 is 75.4 Å². The van der Waals surface area contributed by atoms with Crippen LogP contribution in [0.5, 0.6) is 0 Å². The molecule has 2 rings (SSSR count). The smallest absolute Gasteiger partial charge is 0.790 e. The second kappa shape index (κ2) is 15.3. The Hall–Kier alpha value is 1.78. The predicted octanol–water partition coefficient (Wildman–Crippen LogP) is -15.4. The number of aromatic nitrogens is 2. The third-order valence-electron chi connectivity index (χ3n) is 3.26. The number of rotatable bonds is 8. The van der Waals surface area contributed by atoms with Gasteiger partial charge in [-0.15, -0.1) is 0 Å². The summed E-state index contributed by atoms with van der Waals surface area (Å²) in [5, 5.41) is 20.0. The molecule has 0 aliphatic carbocycles. The topological polar surface area (TPSA) is 265 Å². The SMILES string of the molecule is Nc1ccn(C2OC(COP(=O)([O-])OP(=O)([O-])OP(=O)([O-])[O-])C(O)C2O)c(=S)n1.[Li+].[Li+].[Li+].[Li+]. The second-order valence-corrected chi connectivity index (χ2v) is 10.0. The molecule has 0 radical (unpaired) electrons. The fraction of sp³-hybridized carbons (Fsp3) is 0.556. The van der Waals surface area contributed by atoms with Crippen LogP contribution in [0.2, 0.25) is 0 Å². The normalized spacial score (nSPS) is 25.8. The molecule has 0 saturated carbocycles. The Balaban J connectivity index is -0.00000225. The maximum absolute atomic E-state index is 11.5. The van der Waals surface area contributed by atoms with E-state index in [1.807, 2.05) is 0 Å². The first-order valence-electron chi connectivity index (χ1n) is 7.18. The molecule has 1 aromatic rings. The fourth-order valence-corrected chi connectivity index (χ4v) is 5.30. The zero-order valence-electron chi connectivity index (χ0n) is 17.8. The van der Waals surface area contributed by atoms with Gasteiger partial charge in [-0.2, -0.15) is 0 Å². The van der Waals surface area contributed by atoms with Gasteiger partial charge in [-0.25, -0.2) is 9.29 Å². The molecule has 2 heterocycles. The molecule has 1 fully saturated rings. The summed E-state index contributed by atoms with van der Waals surface area (Å²) in [6, 6.07) is 1.30. The van der Waals surface area contributed by atoms with Gasteiger partial charge in [0, 0.05) is 6.20 Å². The Morgan fingerprint density at radius 2 is 1.61 bits per heavy atom. The van der Waals surface area contributed by atoms with Crippen LogP contribution in [0.25, 0.3) is 0 Å². The maximum Gasteiger partial charge on any atom is 1.00 e. The van der Waals surface area contributed by atoms with Crippen LogP contribution < -0.4 is 101 Å². The number of hydrogen-bond acceptors (Lipinski definition) is 16. The molecule has 0 amide bonds. The molecule has 1 aliphatic rings. The number of phosphoric ester groups is 1. The van der Waals surface area contributed by atoms with E-state index in [2.05, 4.69) is 18.1 Å². The number of aliphatic hydroxyl groups is 2. The Morgan fingerprint density at radius 1 is 1.06 bits per heavy atom. The summed E-state index contributed by atoms with van der Waals surface area (Å²) in [7, 11) is -18.0. The van der Waals surface area contributed by atoms with Crippen LogP contribution >= 0.6 is 35.7 Å². The maximum atomic E-state index is 11.5. The van der Waals surface area contributed by atoms with Crippen LogP contribution in [-0.4, -0.2) is 44.7 Å². The van der Waals surface area contributed by atoms with Crippen molar-refractivity contribution in [3.63, 3.8) is 0 Å². The number of ether oxygens (including phenoxy) is 1. The largest absolute Gasteiger partial charge is 1.00 e. The quantitative estimate of drug-likeness (QED) is 0.162. The van der Waals surface area contributed by atoms with Gasteiger partial charge in [-0.05, 0) is 18.3 Å².